The number of amides is 2. The highest BCUT2D eigenvalue weighted by molar-refractivity contribution is 8.15. The van der Waals surface area contributed by atoms with E-state index >= 15 is 0 Å². The zero-order chi connectivity index (χ0) is 23.8. The molecule has 9 nitrogen and oxygen atoms in total. The highest BCUT2D eigenvalue weighted by atomic mass is 32.2. The van der Waals surface area contributed by atoms with Crippen molar-refractivity contribution < 1.29 is 18.7 Å². The van der Waals surface area contributed by atoms with Crippen LogP contribution in [0.3, 0.4) is 0 Å². The number of nitrogens with one attached hydrogen (secondary N) is 2. The molecular weight excluding hydrogens is 447 g/mol. The first-order chi connectivity index (χ1) is 15.7. The van der Waals surface area contributed by atoms with Crippen molar-refractivity contribution in [2.24, 2.45) is 16.6 Å². The van der Waals surface area contributed by atoms with Gasteiger partial charge in [-0.15, -0.1) is 6.42 Å². The van der Waals surface area contributed by atoms with E-state index in [2.05, 4.69) is 31.5 Å². The number of thioether (sulfide) groups is 1. The molecule has 170 valence electrons. The lowest BCUT2D eigenvalue weighted by atomic mass is 9.85. The van der Waals surface area contributed by atoms with Gasteiger partial charge in [0.25, 0.3) is 5.91 Å². The smallest absolute Gasteiger partial charge is 0.275 e. The summed E-state index contributed by atoms with van der Waals surface area (Å²) in [4.78, 5) is 37.6. The van der Waals surface area contributed by atoms with Crippen molar-refractivity contribution in [2.45, 2.75) is 23.6 Å². The molecule has 0 spiro atoms. The average Bonchev–Trinajstić information content (AvgIpc) is 3.55. The second-order valence-electron chi connectivity index (χ2n) is 7.81. The summed E-state index contributed by atoms with van der Waals surface area (Å²) in [5.74, 6) is 1.04. The van der Waals surface area contributed by atoms with E-state index in [1.807, 2.05) is 0 Å². The Morgan fingerprint density at radius 1 is 1.39 bits per heavy atom. The van der Waals surface area contributed by atoms with Crippen LogP contribution < -0.4 is 21.1 Å². The first-order valence-electron chi connectivity index (χ1n) is 9.99. The fourth-order valence-corrected chi connectivity index (χ4v) is 5.52. The van der Waals surface area contributed by atoms with Crippen LogP contribution in [0.2, 0.25) is 0 Å². The summed E-state index contributed by atoms with van der Waals surface area (Å²) in [6.45, 7) is 1.78. The van der Waals surface area contributed by atoms with Crippen LogP contribution in [0.5, 0.6) is 5.88 Å². The van der Waals surface area contributed by atoms with E-state index < -0.39 is 22.0 Å². The number of anilines is 1. The number of benzene rings is 1. The van der Waals surface area contributed by atoms with Crippen molar-refractivity contribution in [2.75, 3.05) is 19.0 Å². The number of rotatable bonds is 6. The molecule has 2 aliphatic rings. The first-order valence-corrected chi connectivity index (χ1v) is 10.8. The third-order valence-corrected chi connectivity index (χ3v) is 7.06. The zero-order valence-corrected chi connectivity index (χ0v) is 18.7. The fraction of sp³-hybridized carbons (Fsp3) is 0.318. The molecule has 0 saturated heterocycles. The Kier molecular flexibility index (Phi) is 5.71. The maximum absolute atomic E-state index is 15.0. The van der Waals surface area contributed by atoms with Crippen LogP contribution >= 0.6 is 11.8 Å². The van der Waals surface area contributed by atoms with E-state index in [1.165, 1.54) is 42.4 Å². The summed E-state index contributed by atoms with van der Waals surface area (Å²) in [6, 6.07) is 4.18. The molecule has 4 N–H and O–H groups in total. The summed E-state index contributed by atoms with van der Waals surface area (Å²) in [5.41, 5.74) is 5.58. The van der Waals surface area contributed by atoms with Crippen molar-refractivity contribution in [3.8, 4) is 18.2 Å². The van der Waals surface area contributed by atoms with Gasteiger partial charge in [0.1, 0.15) is 16.3 Å². The lowest BCUT2D eigenvalue weighted by Crippen LogP contribution is -2.43. The SMILES string of the molecule is C#CCOc1cnc(C(=O)Nc2ccc(F)c([C@@]3(C)N=C(N)S[C@@]4(C(=O)NC)CC43)c2)cn1. The van der Waals surface area contributed by atoms with Gasteiger partial charge in [-0.1, -0.05) is 17.7 Å². The zero-order valence-electron chi connectivity index (χ0n) is 17.9. The second-order valence-corrected chi connectivity index (χ2v) is 9.16. The summed E-state index contributed by atoms with van der Waals surface area (Å²) in [5, 5.41) is 5.56. The lowest BCUT2D eigenvalue weighted by molar-refractivity contribution is -0.121. The molecule has 33 heavy (non-hydrogen) atoms. The van der Waals surface area contributed by atoms with E-state index in [-0.39, 0.29) is 40.7 Å². The van der Waals surface area contributed by atoms with Gasteiger partial charge in [-0.3, -0.25) is 14.6 Å². The molecule has 2 aromatic rings. The highest BCUT2D eigenvalue weighted by Crippen LogP contribution is 2.66. The van der Waals surface area contributed by atoms with Crippen LogP contribution in [0, 0.1) is 24.1 Å². The number of nitrogens with zero attached hydrogens (tertiary/aromatic N) is 3. The number of amidine groups is 1. The van der Waals surface area contributed by atoms with Crippen molar-refractivity contribution in [1.82, 2.24) is 15.3 Å². The summed E-state index contributed by atoms with van der Waals surface area (Å²) < 4.78 is 19.3. The molecule has 11 heteroatoms. The number of hydrogen-bond acceptors (Lipinski definition) is 8. The predicted molar refractivity (Wildman–Crippen MR) is 122 cm³/mol. The van der Waals surface area contributed by atoms with E-state index in [4.69, 9.17) is 16.9 Å². The lowest BCUT2D eigenvalue weighted by Gasteiger charge is -2.33. The van der Waals surface area contributed by atoms with Gasteiger partial charge in [-0.25, -0.2) is 14.4 Å². The topological polar surface area (TPSA) is 132 Å². The maximum atomic E-state index is 15.0. The molecule has 2 heterocycles. The molecule has 2 amide bonds. The third kappa shape index (κ3) is 3.98. The Hall–Kier alpha value is -3.65. The largest absolute Gasteiger partial charge is 0.463 e. The fourth-order valence-electron chi connectivity index (χ4n) is 4.09. The van der Waals surface area contributed by atoms with E-state index in [1.54, 1.807) is 14.0 Å². The standard InChI is InChI=1S/C22H21FN6O3S/c1-4-7-32-17-11-26-15(10-27-17)18(30)28-12-5-6-14(23)13(8-12)21(2)16-9-22(16,19(31)25-3)33-20(24)29-21/h1,5-6,8,10-11,16H,7,9H2,2-3H3,(H2,24,29)(H,25,31)(H,28,30)/t16?,21-,22+/m1/s1. The molecule has 0 radical (unpaired) electrons. The van der Waals surface area contributed by atoms with E-state index in [9.17, 15) is 14.0 Å². The number of halogens is 1. The number of fused-ring (bicyclic) bond motifs is 1. The van der Waals surface area contributed by atoms with Crippen LogP contribution in [-0.2, 0) is 10.3 Å². The third-order valence-electron chi connectivity index (χ3n) is 5.76. The van der Waals surface area contributed by atoms with Gasteiger partial charge in [0.05, 0.1) is 17.9 Å². The van der Waals surface area contributed by atoms with E-state index in [0.29, 0.717) is 12.1 Å². The molecule has 4 rings (SSSR count). The molecular formula is C22H21FN6O3S. The molecule has 1 saturated carbocycles. The molecule has 1 unspecified atom stereocenters. The average molecular weight is 469 g/mol. The Labute approximate surface area is 193 Å². The molecule has 1 aliphatic carbocycles. The normalized spacial score (nSPS) is 25.2. The van der Waals surface area contributed by atoms with Gasteiger partial charge in [0.2, 0.25) is 11.8 Å². The molecule has 0 bridgehead atoms. The molecule has 1 fully saturated rings. The van der Waals surface area contributed by atoms with Gasteiger partial charge in [0, 0.05) is 24.2 Å². The number of nitrogens with two attached hydrogens (primary N) is 1. The monoisotopic (exact) mass is 468 g/mol. The van der Waals surface area contributed by atoms with Gasteiger partial charge in [-0.2, -0.15) is 0 Å². The number of terminal acetylenes is 1. The van der Waals surface area contributed by atoms with Crippen LogP contribution in [0.25, 0.3) is 0 Å². The Morgan fingerprint density at radius 3 is 2.85 bits per heavy atom. The Balaban J connectivity index is 1.59. The molecule has 1 aliphatic heterocycles. The number of aromatic nitrogens is 2. The minimum Gasteiger partial charge on any atom is -0.463 e. The van der Waals surface area contributed by atoms with Gasteiger partial charge >= 0.3 is 0 Å². The predicted octanol–water partition coefficient (Wildman–Crippen LogP) is 1.66. The second kappa shape index (κ2) is 8.37. The van der Waals surface area contributed by atoms with Crippen LogP contribution in [0.1, 0.15) is 29.4 Å². The Bertz CT molecular complexity index is 1200. The number of aliphatic imine (C=N–C) groups is 1. The van der Waals surface area contributed by atoms with Crippen molar-refractivity contribution in [1.29, 1.82) is 0 Å². The maximum Gasteiger partial charge on any atom is 0.275 e. The highest BCUT2D eigenvalue weighted by Gasteiger charge is 2.70. The van der Waals surface area contributed by atoms with Crippen LogP contribution in [0.4, 0.5) is 10.1 Å². The van der Waals surface area contributed by atoms with Gasteiger partial charge < -0.3 is 21.1 Å². The van der Waals surface area contributed by atoms with Crippen molar-refractivity contribution in [3.05, 3.63) is 47.7 Å². The molecule has 1 aromatic carbocycles. The van der Waals surface area contributed by atoms with Crippen molar-refractivity contribution >= 4 is 34.4 Å². The summed E-state index contributed by atoms with van der Waals surface area (Å²) in [7, 11) is 1.56. The van der Waals surface area contributed by atoms with Gasteiger partial charge in [-0.05, 0) is 31.5 Å². The van der Waals surface area contributed by atoms with Crippen LogP contribution in [-0.4, -0.2) is 45.4 Å². The quantitative estimate of drug-likeness (QED) is 0.550. The number of carbonyl (C=O) groups is 2. The number of carbonyl (C=O) groups excluding carboxylic acids is 2. The summed E-state index contributed by atoms with van der Waals surface area (Å²) in [6.07, 6.45) is 8.17. The number of ether oxygens (including phenoxy) is 1. The van der Waals surface area contributed by atoms with Crippen molar-refractivity contribution in [3.63, 3.8) is 0 Å². The number of hydrogen-bond donors (Lipinski definition) is 3. The van der Waals surface area contributed by atoms with E-state index in [0.717, 1.165) is 0 Å². The van der Waals surface area contributed by atoms with Crippen LogP contribution in [0.15, 0.2) is 35.6 Å². The molecule has 1 aromatic heterocycles. The Morgan fingerprint density at radius 2 is 2.18 bits per heavy atom. The summed E-state index contributed by atoms with van der Waals surface area (Å²) >= 11 is 1.20. The molecule has 3 atom stereocenters. The minimum atomic E-state index is -1.07. The minimum absolute atomic E-state index is 0.0328. The van der Waals surface area contributed by atoms with Gasteiger partial charge in [0.15, 0.2) is 11.8 Å². The first kappa shape index (κ1) is 22.5.